The van der Waals surface area contributed by atoms with E-state index in [0.717, 1.165) is 39.8 Å². The lowest BCUT2D eigenvalue weighted by Crippen LogP contribution is -2.26. The molecule has 47 heavy (non-hydrogen) atoms. The normalized spacial score (nSPS) is 13.6. The standard InChI is InChI=1S/C36H42N4O7/c1-22(41)38-28-13-11-23-20-32(45-3)35(46-4)36(47-5)34(23)24-12-14-29(31(42)21-26(24)28)37-16-7-10-33(43)39-27-8-6-9-30-25(27)15-17-40(30)18-19-44-2/h6,8-9,12,14-15,17,20-21,28H,7,10-11,13,16,18-19H2,1-5H3,(H,37,42)(H,38,41)(H,39,43). The monoisotopic (exact) mass is 642 g/mol. The Kier molecular flexibility index (Phi) is 10.7. The largest absolute Gasteiger partial charge is 0.493 e. The number of ether oxygens (including phenoxy) is 4. The second-order valence-electron chi connectivity index (χ2n) is 11.4. The number of carbonyl (C=O) groups is 2. The Balaban J connectivity index is 1.35. The molecule has 11 heteroatoms. The van der Waals surface area contributed by atoms with Gasteiger partial charge in [0.15, 0.2) is 11.5 Å². The van der Waals surface area contributed by atoms with E-state index in [1.165, 1.54) is 6.92 Å². The third kappa shape index (κ3) is 7.20. The summed E-state index contributed by atoms with van der Waals surface area (Å²) in [5.74, 6) is 1.18. The number of methoxy groups -OCH3 is 4. The van der Waals surface area contributed by atoms with Crippen LogP contribution in [0.15, 0.2) is 59.5 Å². The van der Waals surface area contributed by atoms with Crippen LogP contribution in [0.2, 0.25) is 0 Å². The minimum atomic E-state index is -0.394. The fraction of sp³-hybridized carbons (Fsp3) is 0.361. The van der Waals surface area contributed by atoms with Gasteiger partial charge in [-0.05, 0) is 72.4 Å². The van der Waals surface area contributed by atoms with Crippen molar-refractivity contribution in [1.29, 1.82) is 0 Å². The molecule has 1 unspecified atom stereocenters. The summed E-state index contributed by atoms with van der Waals surface area (Å²) in [6.45, 7) is 3.20. The number of benzene rings is 2. The zero-order chi connectivity index (χ0) is 33.5. The summed E-state index contributed by atoms with van der Waals surface area (Å²) in [5.41, 5.74) is 5.13. The van der Waals surface area contributed by atoms with E-state index in [0.29, 0.717) is 60.9 Å². The summed E-state index contributed by atoms with van der Waals surface area (Å²) in [6, 6.07) is 14.5. The first-order chi connectivity index (χ1) is 22.8. The molecule has 1 aliphatic carbocycles. The Bertz CT molecular complexity index is 1830. The zero-order valence-corrected chi connectivity index (χ0v) is 27.5. The van der Waals surface area contributed by atoms with Crippen LogP contribution in [-0.4, -0.2) is 58.0 Å². The van der Waals surface area contributed by atoms with Crippen molar-refractivity contribution in [2.45, 2.75) is 45.2 Å². The van der Waals surface area contributed by atoms with E-state index in [-0.39, 0.29) is 23.7 Å². The summed E-state index contributed by atoms with van der Waals surface area (Å²) in [5, 5.41) is 10.2. The first-order valence-electron chi connectivity index (χ1n) is 15.7. The molecule has 1 aliphatic rings. The number of amides is 2. The molecule has 1 atom stereocenters. The molecule has 3 aromatic carbocycles. The van der Waals surface area contributed by atoms with Gasteiger partial charge < -0.3 is 39.5 Å². The summed E-state index contributed by atoms with van der Waals surface area (Å²) < 4.78 is 24.4. The van der Waals surface area contributed by atoms with Crippen LogP contribution in [-0.2, 0) is 27.3 Å². The lowest BCUT2D eigenvalue weighted by Gasteiger charge is -2.19. The van der Waals surface area contributed by atoms with Gasteiger partial charge in [-0.15, -0.1) is 0 Å². The van der Waals surface area contributed by atoms with Crippen LogP contribution in [0.1, 0.15) is 43.4 Å². The number of aryl methyl sites for hydroxylation is 1. The SMILES string of the molecule is COCCn1ccc2c(NC(=O)CCCNc3ccc4c(cc3=O)C(NC(C)=O)CCc3cc(OC)c(OC)c(OC)c3-4)cccc21. The van der Waals surface area contributed by atoms with Gasteiger partial charge in [0.1, 0.15) is 0 Å². The number of nitrogens with one attached hydrogen (secondary N) is 3. The molecule has 2 amide bonds. The van der Waals surface area contributed by atoms with Crippen LogP contribution < -0.4 is 35.6 Å². The Morgan fingerprint density at radius 2 is 1.77 bits per heavy atom. The van der Waals surface area contributed by atoms with E-state index >= 15 is 0 Å². The van der Waals surface area contributed by atoms with Crippen molar-refractivity contribution in [3.63, 3.8) is 0 Å². The van der Waals surface area contributed by atoms with E-state index < -0.39 is 6.04 Å². The van der Waals surface area contributed by atoms with Crippen molar-refractivity contribution < 1.29 is 28.5 Å². The quantitative estimate of drug-likeness (QED) is 0.168. The number of hydrogen-bond donors (Lipinski definition) is 3. The maximum Gasteiger partial charge on any atom is 0.224 e. The van der Waals surface area contributed by atoms with Crippen LogP contribution in [0.4, 0.5) is 11.4 Å². The lowest BCUT2D eigenvalue weighted by atomic mass is 9.95. The lowest BCUT2D eigenvalue weighted by molar-refractivity contribution is -0.119. The van der Waals surface area contributed by atoms with Crippen LogP contribution in [0.3, 0.4) is 0 Å². The van der Waals surface area contributed by atoms with Crippen molar-refractivity contribution in [3.8, 4) is 28.4 Å². The number of nitrogens with zero attached hydrogens (tertiary/aromatic N) is 1. The molecule has 0 radical (unpaired) electrons. The molecule has 11 nitrogen and oxygen atoms in total. The first-order valence-corrected chi connectivity index (χ1v) is 15.7. The first kappa shape index (κ1) is 33.3. The second-order valence-corrected chi connectivity index (χ2v) is 11.4. The second kappa shape index (κ2) is 15.0. The molecule has 0 aliphatic heterocycles. The van der Waals surface area contributed by atoms with Crippen LogP contribution in [0, 0.1) is 0 Å². The van der Waals surface area contributed by atoms with Crippen LogP contribution in [0.5, 0.6) is 17.2 Å². The molecule has 0 bridgehead atoms. The molecule has 3 N–H and O–H groups in total. The smallest absolute Gasteiger partial charge is 0.224 e. The summed E-state index contributed by atoms with van der Waals surface area (Å²) in [7, 11) is 6.36. The Morgan fingerprint density at radius 1 is 0.957 bits per heavy atom. The number of hydrogen-bond acceptors (Lipinski definition) is 8. The fourth-order valence-corrected chi connectivity index (χ4v) is 6.26. The Morgan fingerprint density at radius 3 is 2.49 bits per heavy atom. The summed E-state index contributed by atoms with van der Waals surface area (Å²) >= 11 is 0. The average molecular weight is 643 g/mol. The van der Waals surface area contributed by atoms with Gasteiger partial charge in [-0.1, -0.05) is 12.1 Å². The minimum absolute atomic E-state index is 0.108. The number of anilines is 2. The van der Waals surface area contributed by atoms with Gasteiger partial charge in [0, 0.05) is 50.7 Å². The molecule has 0 saturated carbocycles. The maximum atomic E-state index is 13.5. The highest BCUT2D eigenvalue weighted by Gasteiger charge is 2.29. The molecular formula is C36H42N4O7. The summed E-state index contributed by atoms with van der Waals surface area (Å²) in [6.07, 6.45) is 3.96. The van der Waals surface area contributed by atoms with E-state index in [2.05, 4.69) is 20.5 Å². The minimum Gasteiger partial charge on any atom is -0.493 e. The third-order valence-corrected chi connectivity index (χ3v) is 8.44. The molecular weight excluding hydrogens is 600 g/mol. The van der Waals surface area contributed by atoms with E-state index in [4.69, 9.17) is 18.9 Å². The topological polar surface area (TPSA) is 129 Å². The molecule has 1 heterocycles. The van der Waals surface area contributed by atoms with E-state index in [9.17, 15) is 14.4 Å². The van der Waals surface area contributed by atoms with Crippen molar-refractivity contribution >= 4 is 34.1 Å². The maximum absolute atomic E-state index is 13.5. The van der Waals surface area contributed by atoms with Gasteiger partial charge in [-0.25, -0.2) is 0 Å². The average Bonchev–Trinajstić information content (AvgIpc) is 3.34. The molecule has 0 saturated heterocycles. The van der Waals surface area contributed by atoms with Gasteiger partial charge in [0.05, 0.1) is 50.9 Å². The van der Waals surface area contributed by atoms with E-state index in [1.54, 1.807) is 40.6 Å². The van der Waals surface area contributed by atoms with Gasteiger partial charge in [0.2, 0.25) is 23.0 Å². The molecule has 0 spiro atoms. The fourth-order valence-electron chi connectivity index (χ4n) is 6.26. The predicted molar refractivity (Wildman–Crippen MR) is 183 cm³/mol. The zero-order valence-electron chi connectivity index (χ0n) is 27.5. The third-order valence-electron chi connectivity index (χ3n) is 8.44. The highest BCUT2D eigenvalue weighted by molar-refractivity contribution is 6.01. The number of fused-ring (bicyclic) bond motifs is 4. The van der Waals surface area contributed by atoms with Crippen molar-refractivity contribution in [2.24, 2.45) is 0 Å². The molecule has 5 rings (SSSR count). The summed E-state index contributed by atoms with van der Waals surface area (Å²) in [4.78, 5) is 38.6. The molecule has 0 fully saturated rings. The molecule has 248 valence electrons. The van der Waals surface area contributed by atoms with Gasteiger partial charge in [0.25, 0.3) is 0 Å². The van der Waals surface area contributed by atoms with Gasteiger partial charge in [-0.2, -0.15) is 0 Å². The highest BCUT2D eigenvalue weighted by Crippen LogP contribution is 2.50. The van der Waals surface area contributed by atoms with Crippen molar-refractivity contribution in [1.82, 2.24) is 9.88 Å². The van der Waals surface area contributed by atoms with Crippen molar-refractivity contribution in [2.75, 3.05) is 52.2 Å². The Labute approximate surface area is 274 Å². The number of carbonyl (C=O) groups excluding carboxylic acids is 2. The molecule has 1 aromatic heterocycles. The van der Waals surface area contributed by atoms with Crippen molar-refractivity contribution in [3.05, 3.63) is 76.1 Å². The van der Waals surface area contributed by atoms with Gasteiger partial charge in [-0.3, -0.25) is 14.4 Å². The molecule has 4 aromatic rings. The highest BCUT2D eigenvalue weighted by atomic mass is 16.5. The van der Waals surface area contributed by atoms with Gasteiger partial charge >= 0.3 is 0 Å². The number of rotatable bonds is 13. The number of aromatic nitrogens is 1. The van der Waals surface area contributed by atoms with Crippen LogP contribution in [0.25, 0.3) is 22.0 Å². The van der Waals surface area contributed by atoms with Crippen LogP contribution >= 0.6 is 0 Å². The Hall–Kier alpha value is -5.03. The van der Waals surface area contributed by atoms with E-state index in [1.807, 2.05) is 42.6 Å². The predicted octanol–water partition coefficient (Wildman–Crippen LogP) is 5.29.